The van der Waals surface area contributed by atoms with Crippen molar-refractivity contribution in [1.29, 1.82) is 0 Å². The van der Waals surface area contributed by atoms with Gasteiger partial charge in [0.1, 0.15) is 5.75 Å². The van der Waals surface area contributed by atoms with Crippen LogP contribution < -0.4 is 4.74 Å². The molecule has 0 N–H and O–H groups in total. The summed E-state index contributed by atoms with van der Waals surface area (Å²) in [6.45, 7) is 3.34. The molecular weight excluding hydrogens is 282 g/mol. The lowest BCUT2D eigenvalue weighted by Gasteiger charge is -2.13. The van der Waals surface area contributed by atoms with Crippen LogP contribution >= 0.6 is 15.9 Å². The molecule has 0 spiro atoms. The highest BCUT2D eigenvalue weighted by atomic mass is 79.9. The lowest BCUT2D eigenvalue weighted by Crippen LogP contribution is -2.02. The van der Waals surface area contributed by atoms with Crippen LogP contribution in [0.5, 0.6) is 5.75 Å². The van der Waals surface area contributed by atoms with Crippen LogP contribution in [0.4, 0.5) is 8.78 Å². The largest absolute Gasteiger partial charge is 0.493 e. The van der Waals surface area contributed by atoms with Gasteiger partial charge in [-0.1, -0.05) is 0 Å². The average molecular weight is 293 g/mol. The van der Waals surface area contributed by atoms with E-state index >= 15 is 0 Å². The van der Waals surface area contributed by atoms with Crippen molar-refractivity contribution in [3.05, 3.63) is 27.7 Å². The van der Waals surface area contributed by atoms with E-state index in [0.717, 1.165) is 0 Å². The molecule has 0 radical (unpaired) electrons. The summed E-state index contributed by atoms with van der Waals surface area (Å²) in [5.41, 5.74) is -0.0340. The van der Waals surface area contributed by atoms with Crippen molar-refractivity contribution in [2.75, 3.05) is 6.61 Å². The summed E-state index contributed by atoms with van der Waals surface area (Å²) in [5.74, 6) is -0.161. The fourth-order valence-electron chi connectivity index (χ4n) is 1.33. The summed E-state index contributed by atoms with van der Waals surface area (Å²) in [6.07, 6.45) is -2.68. The van der Waals surface area contributed by atoms with Gasteiger partial charge in [-0.2, -0.15) is 0 Å². The monoisotopic (exact) mass is 292 g/mol. The van der Waals surface area contributed by atoms with Crippen molar-refractivity contribution in [3.63, 3.8) is 0 Å². The quantitative estimate of drug-likeness (QED) is 0.785. The molecule has 0 fully saturated rings. The van der Waals surface area contributed by atoms with Crippen LogP contribution in [0.15, 0.2) is 16.6 Å². The lowest BCUT2D eigenvalue weighted by molar-refractivity contribution is 0.101. The van der Waals surface area contributed by atoms with Crippen LogP contribution in [0, 0.1) is 0 Å². The second-order valence-electron chi connectivity index (χ2n) is 3.13. The van der Waals surface area contributed by atoms with Gasteiger partial charge in [-0.25, -0.2) is 8.78 Å². The van der Waals surface area contributed by atoms with E-state index < -0.39 is 6.43 Å². The Kier molecular flexibility index (Phi) is 4.41. The maximum absolute atomic E-state index is 12.8. The SMILES string of the molecule is CCOc1ccc(C(C)=O)c(Br)c1C(F)F. The Labute approximate surface area is 101 Å². The van der Waals surface area contributed by atoms with E-state index in [1.807, 2.05) is 0 Å². The van der Waals surface area contributed by atoms with E-state index in [-0.39, 0.29) is 27.1 Å². The Morgan fingerprint density at radius 2 is 2.12 bits per heavy atom. The predicted molar refractivity (Wildman–Crippen MR) is 60.3 cm³/mol. The molecule has 1 aromatic rings. The van der Waals surface area contributed by atoms with E-state index in [2.05, 4.69) is 15.9 Å². The van der Waals surface area contributed by atoms with Crippen LogP contribution in [0.2, 0.25) is 0 Å². The summed E-state index contributed by atoms with van der Waals surface area (Å²) in [6, 6.07) is 2.87. The lowest BCUT2D eigenvalue weighted by atomic mass is 10.1. The topological polar surface area (TPSA) is 26.3 Å². The van der Waals surface area contributed by atoms with Gasteiger partial charge in [0.2, 0.25) is 0 Å². The predicted octanol–water partition coefficient (Wildman–Crippen LogP) is 3.99. The summed E-state index contributed by atoms with van der Waals surface area (Å²) in [5, 5.41) is 0. The average Bonchev–Trinajstić information content (AvgIpc) is 2.17. The Morgan fingerprint density at radius 1 is 1.50 bits per heavy atom. The van der Waals surface area contributed by atoms with Gasteiger partial charge in [-0.3, -0.25) is 4.79 Å². The normalized spacial score (nSPS) is 10.6. The van der Waals surface area contributed by atoms with Crippen LogP contribution in [0.3, 0.4) is 0 Å². The number of carbonyl (C=O) groups excluding carboxylic acids is 1. The zero-order chi connectivity index (χ0) is 12.3. The molecule has 0 bridgehead atoms. The van der Waals surface area contributed by atoms with Gasteiger partial charge in [-0.05, 0) is 41.9 Å². The number of hydrogen-bond donors (Lipinski definition) is 0. The number of hydrogen-bond acceptors (Lipinski definition) is 2. The van der Waals surface area contributed by atoms with Crippen molar-refractivity contribution in [1.82, 2.24) is 0 Å². The first-order chi connectivity index (χ1) is 7.49. The van der Waals surface area contributed by atoms with Gasteiger partial charge in [-0.15, -0.1) is 0 Å². The van der Waals surface area contributed by atoms with Crippen molar-refractivity contribution in [2.45, 2.75) is 20.3 Å². The van der Waals surface area contributed by atoms with E-state index in [1.165, 1.54) is 19.1 Å². The van der Waals surface area contributed by atoms with Crippen molar-refractivity contribution < 1.29 is 18.3 Å². The molecule has 0 aliphatic rings. The maximum atomic E-state index is 12.8. The number of alkyl halides is 2. The van der Waals surface area contributed by atoms with Crippen LogP contribution in [0.25, 0.3) is 0 Å². The third-order valence-corrected chi connectivity index (χ3v) is 2.89. The Balaban J connectivity index is 3.35. The van der Waals surface area contributed by atoms with Crippen LogP contribution in [0.1, 0.15) is 36.2 Å². The Bertz CT molecular complexity index is 405. The number of carbonyl (C=O) groups is 1. The fraction of sp³-hybridized carbons (Fsp3) is 0.364. The molecular formula is C11H11BrF2O2. The van der Waals surface area contributed by atoms with Gasteiger partial charge in [0.15, 0.2) is 5.78 Å². The molecule has 0 aliphatic heterocycles. The summed E-state index contributed by atoms with van der Waals surface area (Å²) in [7, 11) is 0. The first-order valence-electron chi connectivity index (χ1n) is 4.73. The number of benzene rings is 1. The number of ether oxygens (including phenoxy) is 1. The highest BCUT2D eigenvalue weighted by molar-refractivity contribution is 9.10. The van der Waals surface area contributed by atoms with E-state index in [9.17, 15) is 13.6 Å². The van der Waals surface area contributed by atoms with Gasteiger partial charge in [0, 0.05) is 10.0 Å². The van der Waals surface area contributed by atoms with E-state index in [4.69, 9.17) is 4.74 Å². The first kappa shape index (κ1) is 13.1. The maximum Gasteiger partial charge on any atom is 0.268 e. The summed E-state index contributed by atoms with van der Waals surface area (Å²) >= 11 is 3.02. The Hall–Kier alpha value is -0.970. The van der Waals surface area contributed by atoms with Gasteiger partial charge in [0.25, 0.3) is 6.43 Å². The molecule has 5 heteroatoms. The zero-order valence-electron chi connectivity index (χ0n) is 8.89. The van der Waals surface area contributed by atoms with Gasteiger partial charge >= 0.3 is 0 Å². The second-order valence-corrected chi connectivity index (χ2v) is 3.92. The van der Waals surface area contributed by atoms with Crippen LogP contribution in [-0.4, -0.2) is 12.4 Å². The highest BCUT2D eigenvalue weighted by Gasteiger charge is 2.21. The molecule has 0 amide bonds. The molecule has 0 saturated carbocycles. The third-order valence-electron chi connectivity index (χ3n) is 2.04. The Morgan fingerprint density at radius 3 is 2.56 bits per heavy atom. The molecule has 0 atom stereocenters. The number of Topliss-reactive ketones (excluding diaryl/α,β-unsaturated/α-hetero) is 1. The number of ketones is 1. The standard InChI is InChI=1S/C11H11BrF2O2/c1-3-16-8-5-4-7(6(2)15)10(12)9(8)11(13)14/h4-5,11H,3H2,1-2H3. The molecule has 0 heterocycles. The summed E-state index contributed by atoms with van der Waals surface area (Å²) < 4.78 is 30.9. The highest BCUT2D eigenvalue weighted by Crippen LogP contribution is 2.37. The molecule has 0 unspecified atom stereocenters. The first-order valence-corrected chi connectivity index (χ1v) is 5.52. The van der Waals surface area contributed by atoms with Crippen molar-refractivity contribution in [2.24, 2.45) is 0 Å². The van der Waals surface area contributed by atoms with E-state index in [1.54, 1.807) is 6.92 Å². The molecule has 1 aromatic carbocycles. The third kappa shape index (κ3) is 2.58. The molecule has 0 aliphatic carbocycles. The molecule has 88 valence electrons. The van der Waals surface area contributed by atoms with E-state index in [0.29, 0.717) is 6.61 Å². The van der Waals surface area contributed by atoms with Crippen molar-refractivity contribution in [3.8, 4) is 5.75 Å². The van der Waals surface area contributed by atoms with Gasteiger partial charge in [0.05, 0.1) is 12.2 Å². The second kappa shape index (κ2) is 5.39. The number of halogens is 3. The van der Waals surface area contributed by atoms with Crippen molar-refractivity contribution >= 4 is 21.7 Å². The molecule has 2 nitrogen and oxygen atoms in total. The molecule has 1 rings (SSSR count). The molecule has 0 saturated heterocycles. The zero-order valence-corrected chi connectivity index (χ0v) is 10.5. The summed E-state index contributed by atoms with van der Waals surface area (Å²) in [4.78, 5) is 11.2. The number of rotatable bonds is 4. The van der Waals surface area contributed by atoms with Crippen LogP contribution in [-0.2, 0) is 0 Å². The minimum Gasteiger partial charge on any atom is -0.493 e. The smallest absolute Gasteiger partial charge is 0.268 e. The minimum atomic E-state index is -2.68. The fourth-order valence-corrected chi connectivity index (χ4v) is 2.11. The molecule has 16 heavy (non-hydrogen) atoms. The van der Waals surface area contributed by atoms with Gasteiger partial charge < -0.3 is 4.74 Å². The minimum absolute atomic E-state index is 0.106. The molecule has 0 aromatic heterocycles.